The maximum atomic E-state index is 13.1. The van der Waals surface area contributed by atoms with Crippen molar-refractivity contribution in [1.82, 2.24) is 24.6 Å². The Morgan fingerprint density at radius 3 is 2.79 bits per heavy atom. The summed E-state index contributed by atoms with van der Waals surface area (Å²) in [5.74, 6) is -0.600. The van der Waals surface area contributed by atoms with Gasteiger partial charge in [-0.3, -0.25) is 4.79 Å². The van der Waals surface area contributed by atoms with Crippen molar-refractivity contribution >= 4 is 27.5 Å². The molecule has 2 atom stereocenters. The minimum atomic E-state index is -3.76. The Labute approximate surface area is 196 Å². The normalized spacial score (nSPS) is 23.4. The summed E-state index contributed by atoms with van der Waals surface area (Å²) in [5, 5.41) is 3.98. The second-order valence-corrected chi connectivity index (χ2v) is 10.9. The maximum absolute atomic E-state index is 13.1. The van der Waals surface area contributed by atoms with Crippen molar-refractivity contribution in [3.8, 4) is 11.5 Å². The summed E-state index contributed by atoms with van der Waals surface area (Å²) in [6.45, 7) is 5.12. The number of amides is 1. The zero-order chi connectivity index (χ0) is 23.8. The van der Waals surface area contributed by atoms with Crippen LogP contribution in [-0.4, -0.2) is 65.4 Å². The van der Waals surface area contributed by atoms with Gasteiger partial charge in [-0.25, -0.2) is 22.8 Å². The molecule has 4 heterocycles. The van der Waals surface area contributed by atoms with Crippen molar-refractivity contribution in [3.63, 3.8) is 0 Å². The lowest BCUT2D eigenvalue weighted by Gasteiger charge is -2.38. The molecule has 0 aromatic carbocycles. The first kappa shape index (κ1) is 23.8. The molecule has 0 saturated carbocycles. The predicted molar refractivity (Wildman–Crippen MR) is 120 cm³/mol. The fraction of sp³-hybridized carbons (Fsp3) is 0.476. The summed E-state index contributed by atoms with van der Waals surface area (Å²) >= 11 is 6.36. The summed E-state index contributed by atoms with van der Waals surface area (Å²) in [6, 6.07) is 2.80. The summed E-state index contributed by atoms with van der Waals surface area (Å²) in [4.78, 5) is 23.6. The molecule has 2 aromatic heterocycles. The van der Waals surface area contributed by atoms with E-state index in [0.29, 0.717) is 36.8 Å². The molecule has 0 bridgehead atoms. The summed E-state index contributed by atoms with van der Waals surface area (Å²) in [7, 11) is -3.76. The van der Waals surface area contributed by atoms with E-state index in [1.54, 1.807) is 0 Å². The minimum absolute atomic E-state index is 0.0449. The molecule has 4 rings (SSSR count). The van der Waals surface area contributed by atoms with E-state index < -0.39 is 27.3 Å². The molecule has 9 nitrogen and oxygen atoms in total. The van der Waals surface area contributed by atoms with E-state index in [-0.39, 0.29) is 30.1 Å². The number of hydrogen-bond acceptors (Lipinski definition) is 6. The Bertz CT molecular complexity index is 1160. The first-order valence-corrected chi connectivity index (χ1v) is 12.4. The van der Waals surface area contributed by atoms with E-state index in [1.165, 1.54) is 16.4 Å². The molecule has 1 amide bonds. The van der Waals surface area contributed by atoms with E-state index in [1.807, 2.05) is 13.8 Å². The van der Waals surface area contributed by atoms with Gasteiger partial charge in [-0.1, -0.05) is 18.5 Å². The summed E-state index contributed by atoms with van der Waals surface area (Å²) < 4.78 is 45.1. The van der Waals surface area contributed by atoms with Crippen LogP contribution in [-0.2, 0) is 19.6 Å². The minimum Gasteiger partial charge on any atom is -0.376 e. The lowest BCUT2D eigenvalue weighted by molar-refractivity contribution is -0.126. The molecular formula is C21H25ClFN5O4S. The molecule has 33 heavy (non-hydrogen) atoms. The first-order chi connectivity index (χ1) is 15.6. The molecular weight excluding hydrogens is 473 g/mol. The van der Waals surface area contributed by atoms with Crippen LogP contribution in [0, 0.1) is 11.7 Å². The largest absolute Gasteiger partial charge is 0.376 e. The van der Waals surface area contributed by atoms with Gasteiger partial charge in [-0.2, -0.15) is 4.31 Å². The predicted octanol–water partition coefficient (Wildman–Crippen LogP) is 2.44. The number of nitrogens with zero attached hydrogens (tertiary/aromatic N) is 3. The number of sulfonamides is 1. The van der Waals surface area contributed by atoms with E-state index in [4.69, 9.17) is 16.3 Å². The van der Waals surface area contributed by atoms with Crippen LogP contribution < -0.4 is 5.32 Å². The van der Waals surface area contributed by atoms with Gasteiger partial charge in [0.1, 0.15) is 11.5 Å². The molecule has 0 aliphatic carbocycles. The highest BCUT2D eigenvalue weighted by atomic mass is 35.5. The lowest BCUT2D eigenvalue weighted by atomic mass is 9.86. The van der Waals surface area contributed by atoms with Crippen molar-refractivity contribution in [2.45, 2.75) is 31.7 Å². The van der Waals surface area contributed by atoms with Gasteiger partial charge in [-0.15, -0.1) is 0 Å². The topological polar surface area (TPSA) is 117 Å². The van der Waals surface area contributed by atoms with Crippen molar-refractivity contribution in [2.75, 3.05) is 26.3 Å². The molecule has 0 unspecified atom stereocenters. The quantitative estimate of drug-likeness (QED) is 0.592. The highest BCUT2D eigenvalue weighted by Crippen LogP contribution is 2.37. The monoisotopic (exact) mass is 497 g/mol. The third kappa shape index (κ3) is 5.26. The average Bonchev–Trinajstić information content (AvgIpc) is 3.13. The number of carbonyl (C=O) groups is 1. The van der Waals surface area contributed by atoms with Gasteiger partial charge in [0.15, 0.2) is 11.0 Å². The van der Waals surface area contributed by atoms with E-state index >= 15 is 0 Å². The number of H-pyrrole nitrogens is 1. The van der Waals surface area contributed by atoms with Crippen LogP contribution in [0.4, 0.5) is 4.39 Å². The summed E-state index contributed by atoms with van der Waals surface area (Å²) in [6.07, 6.45) is 2.67. The molecule has 2 aromatic rings. The number of halogens is 2. The zero-order valence-electron chi connectivity index (χ0n) is 18.2. The Balaban J connectivity index is 1.41. The van der Waals surface area contributed by atoms with Gasteiger partial charge in [0.05, 0.1) is 36.1 Å². The summed E-state index contributed by atoms with van der Waals surface area (Å²) in [5.41, 5.74) is 0.708. The Kier molecular flexibility index (Phi) is 6.59. The Hall–Kier alpha value is -2.34. The Morgan fingerprint density at radius 1 is 1.42 bits per heavy atom. The molecule has 2 fully saturated rings. The third-order valence-corrected chi connectivity index (χ3v) is 7.73. The fourth-order valence-electron chi connectivity index (χ4n) is 4.07. The molecule has 2 aliphatic heterocycles. The van der Waals surface area contributed by atoms with Gasteiger partial charge in [0.2, 0.25) is 15.9 Å². The number of hydrogen-bond donors (Lipinski definition) is 2. The SMILES string of the molecule is C[C@H]1CN(S(=O)(=O)C=CC(=O)NC2(C)COC2)CC[C@H]1c1[nH]c(-c2ccc(F)cn2)nc1Cl. The van der Waals surface area contributed by atoms with Crippen LogP contribution in [0.1, 0.15) is 31.9 Å². The van der Waals surface area contributed by atoms with Crippen LogP contribution in [0.3, 0.4) is 0 Å². The number of nitrogens with one attached hydrogen (secondary N) is 2. The molecule has 0 spiro atoms. The molecule has 2 saturated heterocycles. The van der Waals surface area contributed by atoms with Crippen molar-refractivity contribution < 1.29 is 22.3 Å². The first-order valence-electron chi connectivity index (χ1n) is 10.5. The molecule has 2 aliphatic rings. The molecule has 0 radical (unpaired) electrons. The molecule has 178 valence electrons. The highest BCUT2D eigenvalue weighted by molar-refractivity contribution is 7.92. The number of piperidine rings is 1. The second kappa shape index (κ2) is 9.13. The zero-order valence-corrected chi connectivity index (χ0v) is 19.8. The average molecular weight is 498 g/mol. The molecule has 2 N–H and O–H groups in total. The van der Waals surface area contributed by atoms with E-state index in [9.17, 15) is 17.6 Å². The molecule has 12 heteroatoms. The van der Waals surface area contributed by atoms with Crippen molar-refractivity contribution in [3.05, 3.63) is 46.5 Å². The maximum Gasteiger partial charge on any atom is 0.245 e. The van der Waals surface area contributed by atoms with Crippen LogP contribution in [0.2, 0.25) is 5.15 Å². The highest BCUT2D eigenvalue weighted by Gasteiger charge is 2.36. The van der Waals surface area contributed by atoms with Gasteiger partial charge in [0, 0.05) is 25.1 Å². The van der Waals surface area contributed by atoms with E-state index in [0.717, 1.165) is 17.7 Å². The number of imidazole rings is 1. The van der Waals surface area contributed by atoms with Gasteiger partial charge < -0.3 is 15.0 Å². The number of carbonyl (C=O) groups excluding carboxylic acids is 1. The van der Waals surface area contributed by atoms with Crippen LogP contribution in [0.5, 0.6) is 0 Å². The van der Waals surface area contributed by atoms with Gasteiger partial charge in [-0.05, 0) is 31.4 Å². The van der Waals surface area contributed by atoms with E-state index in [2.05, 4.69) is 20.3 Å². The van der Waals surface area contributed by atoms with Crippen LogP contribution in [0.25, 0.3) is 11.5 Å². The fourth-order valence-corrected chi connectivity index (χ4v) is 5.61. The van der Waals surface area contributed by atoms with Crippen molar-refractivity contribution in [1.29, 1.82) is 0 Å². The number of aromatic nitrogens is 3. The second-order valence-electron chi connectivity index (χ2n) is 8.77. The number of pyridine rings is 1. The van der Waals surface area contributed by atoms with Gasteiger partial charge in [0.25, 0.3) is 0 Å². The third-order valence-electron chi connectivity index (χ3n) is 5.91. The lowest BCUT2D eigenvalue weighted by Crippen LogP contribution is -2.59. The number of aromatic amines is 1. The van der Waals surface area contributed by atoms with Crippen LogP contribution in [0.15, 0.2) is 29.8 Å². The number of rotatable bonds is 6. The number of ether oxygens (including phenoxy) is 1. The standard InChI is InChI=1S/C21H25ClFN5O4S/c1-13-10-28(33(30,31)8-6-17(29)27-21(2)11-32-12-21)7-5-15(13)18-19(22)26-20(25-18)16-4-3-14(23)9-24-16/h3-4,6,8-9,13,15H,5,7,10-12H2,1-2H3,(H,25,26)(H,27,29)/t13-,15+/m0/s1. The van der Waals surface area contributed by atoms with Crippen LogP contribution >= 0.6 is 11.6 Å². The smallest absolute Gasteiger partial charge is 0.245 e. The Morgan fingerprint density at radius 2 is 2.18 bits per heavy atom. The van der Waals surface area contributed by atoms with Crippen molar-refractivity contribution in [2.24, 2.45) is 5.92 Å². The van der Waals surface area contributed by atoms with Gasteiger partial charge >= 0.3 is 0 Å².